The van der Waals surface area contributed by atoms with E-state index in [0.717, 1.165) is 0 Å². The Hall–Kier alpha value is -1.14. The molecule has 6 nitrogen and oxygen atoms in total. The summed E-state index contributed by atoms with van der Waals surface area (Å²) in [5.41, 5.74) is 0. The Morgan fingerprint density at radius 2 is 1.88 bits per heavy atom. The molecular weight excluding hydrogens is 226 g/mol. The van der Waals surface area contributed by atoms with Crippen molar-refractivity contribution in [2.45, 2.75) is 26.3 Å². The Morgan fingerprint density at radius 1 is 1.29 bits per heavy atom. The molecule has 0 bridgehead atoms. The van der Waals surface area contributed by atoms with Crippen molar-refractivity contribution >= 4 is 11.9 Å². The summed E-state index contributed by atoms with van der Waals surface area (Å²) in [6, 6.07) is -0.291. The van der Waals surface area contributed by atoms with Crippen molar-refractivity contribution in [3.05, 3.63) is 0 Å². The van der Waals surface area contributed by atoms with Crippen LogP contribution in [0.2, 0.25) is 0 Å². The van der Waals surface area contributed by atoms with Crippen molar-refractivity contribution < 1.29 is 24.5 Å². The minimum atomic E-state index is -1.00. The molecule has 0 aromatic heterocycles. The lowest BCUT2D eigenvalue weighted by atomic mass is 9.95. The molecule has 3 unspecified atom stereocenters. The molecule has 17 heavy (non-hydrogen) atoms. The number of aliphatic carboxylic acids is 1. The standard InChI is InChI=1S/C11H21NO5/c1-7(8(2)11(15)16)10(14)12-9(4-5-13)6-17-3/h7-9,13H,4-6H2,1-3H3,(H,12,14)(H,15,16). The van der Waals surface area contributed by atoms with Crippen LogP contribution in [0.3, 0.4) is 0 Å². The number of rotatable bonds is 8. The zero-order chi connectivity index (χ0) is 13.4. The molecule has 100 valence electrons. The molecule has 0 aromatic carbocycles. The molecule has 0 aliphatic heterocycles. The van der Waals surface area contributed by atoms with Gasteiger partial charge in [-0.3, -0.25) is 9.59 Å². The van der Waals surface area contributed by atoms with Gasteiger partial charge in [-0.25, -0.2) is 0 Å². The summed E-state index contributed by atoms with van der Waals surface area (Å²) in [6.07, 6.45) is 0.383. The Morgan fingerprint density at radius 3 is 2.29 bits per heavy atom. The van der Waals surface area contributed by atoms with E-state index in [4.69, 9.17) is 14.9 Å². The quantitative estimate of drug-likeness (QED) is 0.554. The van der Waals surface area contributed by atoms with Crippen LogP contribution < -0.4 is 5.32 Å². The fourth-order valence-corrected chi connectivity index (χ4v) is 1.33. The second kappa shape index (κ2) is 8.03. The summed E-state index contributed by atoms with van der Waals surface area (Å²) in [6.45, 7) is 3.29. The van der Waals surface area contributed by atoms with Gasteiger partial charge in [0, 0.05) is 19.6 Å². The van der Waals surface area contributed by atoms with Crippen LogP contribution in [0.4, 0.5) is 0 Å². The first-order chi connectivity index (χ1) is 7.93. The third kappa shape index (κ3) is 5.65. The normalized spacial score (nSPS) is 16.0. The van der Waals surface area contributed by atoms with Gasteiger partial charge >= 0.3 is 5.97 Å². The van der Waals surface area contributed by atoms with Gasteiger partial charge in [0.2, 0.25) is 5.91 Å². The lowest BCUT2D eigenvalue weighted by Crippen LogP contribution is -2.43. The molecule has 0 saturated heterocycles. The molecule has 0 aromatic rings. The molecule has 0 aliphatic carbocycles. The van der Waals surface area contributed by atoms with Crippen molar-refractivity contribution in [1.82, 2.24) is 5.32 Å². The Balaban J connectivity index is 4.33. The van der Waals surface area contributed by atoms with E-state index in [2.05, 4.69) is 5.32 Å². The van der Waals surface area contributed by atoms with Crippen molar-refractivity contribution in [2.75, 3.05) is 20.3 Å². The van der Waals surface area contributed by atoms with E-state index >= 15 is 0 Å². The van der Waals surface area contributed by atoms with Crippen LogP contribution in [-0.2, 0) is 14.3 Å². The number of carboxylic acids is 1. The van der Waals surface area contributed by atoms with E-state index in [1.54, 1.807) is 6.92 Å². The number of carboxylic acid groups (broad SMARTS) is 1. The van der Waals surface area contributed by atoms with Crippen molar-refractivity contribution in [3.63, 3.8) is 0 Å². The van der Waals surface area contributed by atoms with Crippen LogP contribution in [0.25, 0.3) is 0 Å². The maximum Gasteiger partial charge on any atom is 0.307 e. The third-order valence-electron chi connectivity index (χ3n) is 2.74. The van der Waals surface area contributed by atoms with Gasteiger partial charge in [0.25, 0.3) is 0 Å². The number of nitrogens with one attached hydrogen (secondary N) is 1. The first kappa shape index (κ1) is 15.9. The van der Waals surface area contributed by atoms with Crippen LogP contribution in [0.5, 0.6) is 0 Å². The first-order valence-electron chi connectivity index (χ1n) is 5.57. The van der Waals surface area contributed by atoms with Gasteiger partial charge < -0.3 is 20.3 Å². The van der Waals surface area contributed by atoms with Gasteiger partial charge in [-0.1, -0.05) is 13.8 Å². The fourth-order valence-electron chi connectivity index (χ4n) is 1.33. The van der Waals surface area contributed by atoms with E-state index in [1.165, 1.54) is 14.0 Å². The second-order valence-electron chi connectivity index (χ2n) is 4.09. The smallest absolute Gasteiger partial charge is 0.307 e. The SMILES string of the molecule is COCC(CCO)NC(=O)C(C)C(C)C(=O)O. The highest BCUT2D eigenvalue weighted by Crippen LogP contribution is 2.11. The van der Waals surface area contributed by atoms with E-state index < -0.39 is 17.8 Å². The van der Waals surface area contributed by atoms with Crippen LogP contribution in [0, 0.1) is 11.8 Å². The number of hydrogen-bond donors (Lipinski definition) is 3. The molecule has 0 rings (SSSR count). The molecule has 0 radical (unpaired) electrons. The first-order valence-corrected chi connectivity index (χ1v) is 5.57. The van der Waals surface area contributed by atoms with Crippen molar-refractivity contribution in [2.24, 2.45) is 11.8 Å². The second-order valence-corrected chi connectivity index (χ2v) is 4.09. The topological polar surface area (TPSA) is 95.9 Å². The van der Waals surface area contributed by atoms with Crippen LogP contribution in [-0.4, -0.2) is 48.5 Å². The summed E-state index contributed by atoms with van der Waals surface area (Å²) in [7, 11) is 1.50. The maximum atomic E-state index is 11.7. The fraction of sp³-hybridized carbons (Fsp3) is 0.818. The highest BCUT2D eigenvalue weighted by atomic mass is 16.5. The van der Waals surface area contributed by atoms with Gasteiger partial charge in [-0.2, -0.15) is 0 Å². The molecule has 0 fully saturated rings. The maximum absolute atomic E-state index is 11.7. The average molecular weight is 247 g/mol. The van der Waals surface area contributed by atoms with E-state index in [0.29, 0.717) is 13.0 Å². The molecule has 0 spiro atoms. The molecular formula is C11H21NO5. The van der Waals surface area contributed by atoms with Crippen LogP contribution in [0.15, 0.2) is 0 Å². The average Bonchev–Trinajstić information content (AvgIpc) is 2.27. The molecule has 3 N–H and O–H groups in total. The summed E-state index contributed by atoms with van der Waals surface area (Å²) < 4.78 is 4.90. The number of methoxy groups -OCH3 is 1. The summed E-state index contributed by atoms with van der Waals surface area (Å²) >= 11 is 0. The Bertz CT molecular complexity index is 250. The number of aliphatic hydroxyl groups is 1. The monoisotopic (exact) mass is 247 g/mol. The Labute approximate surface area is 101 Å². The molecule has 0 saturated carbocycles. The lowest BCUT2D eigenvalue weighted by molar-refractivity contribution is -0.146. The van der Waals surface area contributed by atoms with Gasteiger partial charge in [-0.15, -0.1) is 0 Å². The molecule has 1 amide bonds. The minimum Gasteiger partial charge on any atom is -0.481 e. The number of aliphatic hydroxyl groups excluding tert-OH is 1. The molecule has 0 aliphatic rings. The number of carbonyl (C=O) groups is 2. The highest BCUT2D eigenvalue weighted by molar-refractivity contribution is 5.84. The predicted octanol–water partition coefficient (Wildman–Crippen LogP) is -0.143. The van der Waals surface area contributed by atoms with E-state index in [1.807, 2.05) is 0 Å². The largest absolute Gasteiger partial charge is 0.481 e. The van der Waals surface area contributed by atoms with E-state index in [-0.39, 0.29) is 18.6 Å². The van der Waals surface area contributed by atoms with E-state index in [9.17, 15) is 9.59 Å². The van der Waals surface area contributed by atoms with Crippen molar-refractivity contribution in [1.29, 1.82) is 0 Å². The van der Waals surface area contributed by atoms with Crippen LogP contribution in [0.1, 0.15) is 20.3 Å². The van der Waals surface area contributed by atoms with Crippen LogP contribution >= 0.6 is 0 Å². The number of amides is 1. The lowest BCUT2D eigenvalue weighted by Gasteiger charge is -2.21. The van der Waals surface area contributed by atoms with Crippen molar-refractivity contribution in [3.8, 4) is 0 Å². The minimum absolute atomic E-state index is 0.0584. The van der Waals surface area contributed by atoms with Gasteiger partial charge in [-0.05, 0) is 6.42 Å². The zero-order valence-corrected chi connectivity index (χ0v) is 10.5. The highest BCUT2D eigenvalue weighted by Gasteiger charge is 2.27. The third-order valence-corrected chi connectivity index (χ3v) is 2.74. The van der Waals surface area contributed by atoms with Gasteiger partial charge in [0.15, 0.2) is 0 Å². The molecule has 0 heterocycles. The zero-order valence-electron chi connectivity index (χ0n) is 10.5. The summed E-state index contributed by atoms with van der Waals surface area (Å²) in [4.78, 5) is 22.5. The number of ether oxygens (including phenoxy) is 1. The summed E-state index contributed by atoms with van der Waals surface area (Å²) in [5, 5.41) is 20.3. The Kier molecular flexibility index (Phi) is 7.49. The number of hydrogen-bond acceptors (Lipinski definition) is 4. The predicted molar refractivity (Wildman–Crippen MR) is 61.5 cm³/mol. The summed E-state index contributed by atoms with van der Waals surface area (Å²) in [5.74, 6) is -2.70. The van der Waals surface area contributed by atoms with Gasteiger partial charge in [0.05, 0.1) is 18.6 Å². The molecule has 3 atom stereocenters. The number of carbonyl (C=O) groups excluding carboxylic acids is 1. The molecule has 6 heteroatoms. The van der Waals surface area contributed by atoms with Gasteiger partial charge in [0.1, 0.15) is 0 Å².